The molecule has 2 rings (SSSR count). The van der Waals surface area contributed by atoms with Crippen molar-refractivity contribution in [3.63, 3.8) is 0 Å². The first-order valence-corrected chi connectivity index (χ1v) is 7.25. The first-order chi connectivity index (χ1) is 11.0. The zero-order chi connectivity index (χ0) is 16.8. The number of hydrogen-bond donors (Lipinski definition) is 2. The second kappa shape index (κ2) is 9.40. The Kier molecular flexibility index (Phi) is 7.89. The molecule has 0 aliphatic carbocycles. The Morgan fingerprint density at radius 3 is 2.58 bits per heavy atom. The lowest BCUT2D eigenvalue weighted by molar-refractivity contribution is -0.124. The summed E-state index contributed by atoms with van der Waals surface area (Å²) in [5.74, 6) is 0.125. The summed E-state index contributed by atoms with van der Waals surface area (Å²) in [5, 5.41) is 5.57. The number of carbonyl (C=O) groups excluding carboxylic acids is 2. The van der Waals surface area contributed by atoms with Crippen molar-refractivity contribution in [3.8, 4) is 0 Å². The van der Waals surface area contributed by atoms with Gasteiger partial charge in [-0.05, 0) is 17.7 Å². The molecule has 9 heteroatoms. The summed E-state index contributed by atoms with van der Waals surface area (Å²) in [5.41, 5.74) is 0.950. The molecular formula is C15H21FIN5O2. The van der Waals surface area contributed by atoms with E-state index in [0.717, 1.165) is 5.56 Å². The van der Waals surface area contributed by atoms with Crippen molar-refractivity contribution in [1.29, 1.82) is 0 Å². The molecule has 2 N–H and O–H groups in total. The van der Waals surface area contributed by atoms with Crippen LogP contribution >= 0.6 is 24.0 Å². The maximum absolute atomic E-state index is 12.9. The zero-order valence-corrected chi connectivity index (χ0v) is 15.9. The van der Waals surface area contributed by atoms with Crippen molar-refractivity contribution < 1.29 is 14.0 Å². The van der Waals surface area contributed by atoms with Crippen LogP contribution in [0.2, 0.25) is 0 Å². The van der Waals surface area contributed by atoms with Gasteiger partial charge < -0.3 is 15.5 Å². The Morgan fingerprint density at radius 2 is 2.04 bits per heavy atom. The predicted octanol–water partition coefficient (Wildman–Crippen LogP) is 1.00. The number of urea groups is 1. The lowest BCUT2D eigenvalue weighted by atomic mass is 10.2. The number of nitrogens with zero attached hydrogens (tertiary/aromatic N) is 3. The van der Waals surface area contributed by atoms with Crippen LogP contribution in [0.25, 0.3) is 0 Å². The van der Waals surface area contributed by atoms with Crippen LogP contribution in [0.4, 0.5) is 9.18 Å². The highest BCUT2D eigenvalue weighted by molar-refractivity contribution is 14.0. The molecule has 0 unspecified atom stereocenters. The number of nitrogens with one attached hydrogen (secondary N) is 2. The van der Waals surface area contributed by atoms with Crippen LogP contribution < -0.4 is 10.6 Å². The molecule has 1 aromatic rings. The van der Waals surface area contributed by atoms with Gasteiger partial charge in [0.05, 0.1) is 6.54 Å². The highest BCUT2D eigenvalue weighted by Gasteiger charge is 2.27. The van der Waals surface area contributed by atoms with Crippen LogP contribution in [-0.4, -0.2) is 61.4 Å². The standard InChI is InChI=1S/C15H20FN5O2.HI/c1-17-14(18-7-8-21-13(22)9-19-15(21)23)20(2)10-11-3-5-12(16)6-4-11;/h3-6H,7-10H2,1-2H3,(H,17,18)(H,19,23);1H. The largest absolute Gasteiger partial charge is 0.354 e. The number of guanidine groups is 1. The van der Waals surface area contributed by atoms with Crippen LogP contribution in [0.15, 0.2) is 29.3 Å². The van der Waals surface area contributed by atoms with Crippen molar-refractivity contribution in [2.24, 2.45) is 4.99 Å². The molecule has 1 saturated heterocycles. The number of hydrogen-bond acceptors (Lipinski definition) is 3. The maximum atomic E-state index is 12.9. The lowest BCUT2D eigenvalue weighted by Gasteiger charge is -2.23. The number of halogens is 2. The molecule has 24 heavy (non-hydrogen) atoms. The number of benzene rings is 1. The molecule has 0 atom stereocenters. The second-order valence-electron chi connectivity index (χ2n) is 5.16. The predicted molar refractivity (Wildman–Crippen MR) is 99.8 cm³/mol. The fourth-order valence-corrected chi connectivity index (χ4v) is 2.28. The Balaban J connectivity index is 0.00000288. The van der Waals surface area contributed by atoms with Crippen molar-refractivity contribution in [2.75, 3.05) is 33.7 Å². The smallest absolute Gasteiger partial charge is 0.324 e. The van der Waals surface area contributed by atoms with E-state index in [-0.39, 0.29) is 54.8 Å². The third-order valence-electron chi connectivity index (χ3n) is 3.46. The van der Waals surface area contributed by atoms with Gasteiger partial charge in [0.15, 0.2) is 5.96 Å². The zero-order valence-electron chi connectivity index (χ0n) is 13.6. The maximum Gasteiger partial charge on any atom is 0.324 e. The Hall–Kier alpha value is -1.91. The van der Waals surface area contributed by atoms with E-state index in [9.17, 15) is 14.0 Å². The van der Waals surface area contributed by atoms with E-state index >= 15 is 0 Å². The molecule has 3 amide bonds. The van der Waals surface area contributed by atoms with E-state index in [0.29, 0.717) is 19.0 Å². The molecule has 1 aliphatic rings. The molecule has 0 saturated carbocycles. The van der Waals surface area contributed by atoms with E-state index in [2.05, 4.69) is 15.6 Å². The molecule has 1 aromatic carbocycles. The Morgan fingerprint density at radius 1 is 1.38 bits per heavy atom. The SMILES string of the molecule is CN=C(NCCN1C(=O)CNC1=O)N(C)Cc1ccc(F)cc1.I. The number of aliphatic imine (C=N–C) groups is 1. The van der Waals surface area contributed by atoms with E-state index in [4.69, 9.17) is 0 Å². The number of amides is 3. The van der Waals surface area contributed by atoms with Gasteiger partial charge in [-0.3, -0.25) is 14.7 Å². The summed E-state index contributed by atoms with van der Waals surface area (Å²) >= 11 is 0. The van der Waals surface area contributed by atoms with Gasteiger partial charge in [-0.25, -0.2) is 9.18 Å². The van der Waals surface area contributed by atoms with Gasteiger partial charge in [0.25, 0.3) is 0 Å². The van der Waals surface area contributed by atoms with Crippen LogP contribution in [0.5, 0.6) is 0 Å². The summed E-state index contributed by atoms with van der Waals surface area (Å²) in [6, 6.07) is 5.89. The molecule has 0 bridgehead atoms. The number of carbonyl (C=O) groups is 2. The summed E-state index contributed by atoms with van der Waals surface area (Å²) in [4.78, 5) is 30.1. The minimum atomic E-state index is -0.369. The Bertz CT molecular complexity index is 592. The summed E-state index contributed by atoms with van der Waals surface area (Å²) in [6.45, 7) is 1.29. The minimum Gasteiger partial charge on any atom is -0.354 e. The van der Waals surface area contributed by atoms with Crippen molar-refractivity contribution in [2.45, 2.75) is 6.54 Å². The average Bonchev–Trinajstić information content (AvgIpc) is 2.85. The van der Waals surface area contributed by atoms with E-state index in [1.54, 1.807) is 19.2 Å². The number of rotatable bonds is 5. The van der Waals surface area contributed by atoms with Gasteiger partial charge in [0, 0.05) is 33.7 Å². The quantitative estimate of drug-likeness (QED) is 0.305. The monoisotopic (exact) mass is 449 g/mol. The van der Waals surface area contributed by atoms with Crippen LogP contribution in [0.3, 0.4) is 0 Å². The fraction of sp³-hybridized carbons (Fsp3) is 0.400. The van der Waals surface area contributed by atoms with E-state index in [1.807, 2.05) is 11.9 Å². The van der Waals surface area contributed by atoms with Gasteiger partial charge >= 0.3 is 6.03 Å². The third kappa shape index (κ3) is 5.32. The molecule has 0 spiro atoms. The van der Waals surface area contributed by atoms with Crippen LogP contribution in [0, 0.1) is 5.82 Å². The van der Waals surface area contributed by atoms with E-state index < -0.39 is 0 Å². The van der Waals surface area contributed by atoms with Crippen LogP contribution in [0.1, 0.15) is 5.56 Å². The third-order valence-corrected chi connectivity index (χ3v) is 3.46. The summed E-state index contributed by atoms with van der Waals surface area (Å²) in [7, 11) is 3.50. The fourth-order valence-electron chi connectivity index (χ4n) is 2.28. The van der Waals surface area contributed by atoms with Crippen molar-refractivity contribution in [1.82, 2.24) is 20.4 Å². The van der Waals surface area contributed by atoms with Gasteiger partial charge in [-0.15, -0.1) is 24.0 Å². The second-order valence-corrected chi connectivity index (χ2v) is 5.16. The van der Waals surface area contributed by atoms with Gasteiger partial charge in [0.1, 0.15) is 5.82 Å². The number of imide groups is 1. The highest BCUT2D eigenvalue weighted by atomic mass is 127. The van der Waals surface area contributed by atoms with Gasteiger partial charge in [-0.1, -0.05) is 12.1 Å². The van der Waals surface area contributed by atoms with E-state index in [1.165, 1.54) is 17.0 Å². The minimum absolute atomic E-state index is 0. The van der Waals surface area contributed by atoms with Crippen molar-refractivity contribution in [3.05, 3.63) is 35.6 Å². The highest BCUT2D eigenvalue weighted by Crippen LogP contribution is 2.05. The lowest BCUT2D eigenvalue weighted by Crippen LogP contribution is -2.43. The molecule has 132 valence electrons. The summed E-state index contributed by atoms with van der Waals surface area (Å²) < 4.78 is 12.9. The molecular weight excluding hydrogens is 428 g/mol. The molecule has 7 nitrogen and oxygen atoms in total. The average molecular weight is 449 g/mol. The Labute approximate surface area is 157 Å². The molecule has 0 aromatic heterocycles. The molecule has 0 radical (unpaired) electrons. The molecule has 1 aliphatic heterocycles. The first-order valence-electron chi connectivity index (χ1n) is 7.25. The normalized spacial score (nSPS) is 14.3. The first kappa shape index (κ1) is 20.1. The topological polar surface area (TPSA) is 77.0 Å². The van der Waals surface area contributed by atoms with Crippen LogP contribution in [-0.2, 0) is 11.3 Å². The van der Waals surface area contributed by atoms with Crippen molar-refractivity contribution >= 4 is 41.9 Å². The molecule has 1 fully saturated rings. The van der Waals surface area contributed by atoms with Gasteiger partial charge in [-0.2, -0.15) is 0 Å². The van der Waals surface area contributed by atoms with Gasteiger partial charge in [0.2, 0.25) is 5.91 Å². The summed E-state index contributed by atoms with van der Waals surface area (Å²) in [6.07, 6.45) is 0. The molecule has 1 heterocycles.